The highest BCUT2D eigenvalue weighted by atomic mass is 16.6. The molecule has 1 saturated heterocycles. The highest BCUT2D eigenvalue weighted by Gasteiger charge is 2.78. The molecule has 2 amide bonds. The van der Waals surface area contributed by atoms with Crippen LogP contribution in [0.5, 0.6) is 5.75 Å². The topological polar surface area (TPSA) is 213 Å². The van der Waals surface area contributed by atoms with Gasteiger partial charge in [0.1, 0.15) is 18.0 Å². The fraction of sp³-hybridized carbons (Fsp3) is 0.417. The van der Waals surface area contributed by atoms with Gasteiger partial charge < -0.3 is 44.5 Å². The second-order valence-corrected chi connectivity index (χ2v) is 17.1. The number of hydrogen-bond donors (Lipinski definition) is 4. The Morgan fingerprint density at radius 3 is 2.14 bits per heavy atom. The minimum absolute atomic E-state index is 0.0667. The van der Waals surface area contributed by atoms with Crippen molar-refractivity contribution in [2.24, 2.45) is 16.7 Å². The molecule has 63 heavy (non-hydrogen) atoms. The van der Waals surface area contributed by atoms with Gasteiger partial charge in [0.15, 0.2) is 23.6 Å². The number of ether oxygens (including phenoxy) is 5. The Morgan fingerprint density at radius 1 is 0.905 bits per heavy atom. The van der Waals surface area contributed by atoms with Gasteiger partial charge in [-0.05, 0) is 74.2 Å². The zero-order valence-corrected chi connectivity index (χ0v) is 35.9. The van der Waals surface area contributed by atoms with Crippen molar-refractivity contribution in [3.8, 4) is 5.75 Å². The molecule has 0 aromatic heterocycles. The lowest BCUT2D eigenvalue weighted by atomic mass is 9.50. The lowest BCUT2D eigenvalue weighted by molar-refractivity contribution is -0.332. The molecule has 15 heteroatoms. The van der Waals surface area contributed by atoms with Gasteiger partial charge in [-0.3, -0.25) is 24.0 Å². The molecule has 7 rings (SSSR count). The fourth-order valence-corrected chi connectivity index (χ4v) is 10.3. The van der Waals surface area contributed by atoms with E-state index in [1.807, 2.05) is 0 Å². The number of methoxy groups -OCH3 is 1. The van der Waals surface area contributed by atoms with Crippen LogP contribution < -0.4 is 15.4 Å². The summed E-state index contributed by atoms with van der Waals surface area (Å²) >= 11 is 0. The standard InChI is InChI=1S/C48H52N2O13/c1-25(2)47-23-33(49-44(57)38(54)37(29-15-10-8-11-16-29)50-43(56)30-17-12-9-13-18-30)26(3)36(47)39(61-27(4)51)41(55)46(6)34(53)22-35-48(24-60-35,63-28(5)52)40(46)42(47)62-45(58)31-19-14-20-32(21-31)59-7/h8-21,33-35,37-40,42,53-54H,1,22-24H2,2-7H3,(H,49,57)(H,50,56)/t33-,34-,35+,37-,38+,39+,40-,42-,46+,47-,48-/m0/s1. The maximum Gasteiger partial charge on any atom is 0.338 e. The first-order valence-corrected chi connectivity index (χ1v) is 20.7. The fourth-order valence-electron chi connectivity index (χ4n) is 10.3. The predicted molar refractivity (Wildman–Crippen MR) is 225 cm³/mol. The Balaban J connectivity index is 1.38. The van der Waals surface area contributed by atoms with Gasteiger partial charge in [0, 0.05) is 25.8 Å². The summed E-state index contributed by atoms with van der Waals surface area (Å²) in [5.41, 5.74) is -3.64. The van der Waals surface area contributed by atoms with Crippen molar-refractivity contribution >= 4 is 35.5 Å². The van der Waals surface area contributed by atoms with Crippen molar-refractivity contribution in [3.63, 3.8) is 0 Å². The normalized spacial score (nSPS) is 30.4. The van der Waals surface area contributed by atoms with Crippen molar-refractivity contribution in [3.05, 3.63) is 125 Å². The third-order valence-corrected chi connectivity index (χ3v) is 13.4. The molecular weight excluding hydrogens is 813 g/mol. The van der Waals surface area contributed by atoms with Gasteiger partial charge in [-0.2, -0.15) is 0 Å². The largest absolute Gasteiger partial charge is 0.497 e. The molecule has 0 bridgehead atoms. The van der Waals surface area contributed by atoms with E-state index in [4.69, 9.17) is 23.7 Å². The minimum atomic E-state index is -1.91. The summed E-state index contributed by atoms with van der Waals surface area (Å²) in [5.74, 6) is -5.64. The smallest absolute Gasteiger partial charge is 0.338 e. The van der Waals surface area contributed by atoms with Gasteiger partial charge in [-0.25, -0.2) is 4.79 Å². The van der Waals surface area contributed by atoms with E-state index in [1.54, 1.807) is 86.6 Å². The Kier molecular flexibility index (Phi) is 12.2. The molecule has 1 heterocycles. The second kappa shape index (κ2) is 17.2. The number of Topliss-reactive ketones (excluding diaryl/α,β-unsaturated/α-hetero) is 1. The lowest BCUT2D eigenvalue weighted by Gasteiger charge is -2.63. The number of esters is 3. The number of aliphatic hydroxyl groups excluding tert-OH is 2. The molecule has 2 saturated carbocycles. The molecule has 3 aliphatic carbocycles. The average molecular weight is 865 g/mol. The van der Waals surface area contributed by atoms with Crippen LogP contribution in [0.25, 0.3) is 0 Å². The maximum absolute atomic E-state index is 15.5. The van der Waals surface area contributed by atoms with E-state index in [-0.39, 0.29) is 30.6 Å². The van der Waals surface area contributed by atoms with E-state index >= 15 is 4.79 Å². The molecule has 3 aromatic carbocycles. The highest BCUT2D eigenvalue weighted by Crippen LogP contribution is 2.66. The Bertz CT molecular complexity index is 2370. The van der Waals surface area contributed by atoms with E-state index < -0.39 is 100 Å². The molecule has 332 valence electrons. The number of nitrogens with one attached hydrogen (secondary N) is 2. The first-order chi connectivity index (χ1) is 29.9. The van der Waals surface area contributed by atoms with Crippen LogP contribution in [0.3, 0.4) is 0 Å². The summed E-state index contributed by atoms with van der Waals surface area (Å²) < 4.78 is 30.1. The molecule has 0 spiro atoms. The van der Waals surface area contributed by atoms with E-state index in [2.05, 4.69) is 17.2 Å². The van der Waals surface area contributed by atoms with E-state index in [0.717, 1.165) is 6.92 Å². The summed E-state index contributed by atoms with van der Waals surface area (Å²) in [6.45, 7) is 11.2. The summed E-state index contributed by atoms with van der Waals surface area (Å²) in [6, 6.07) is 20.7. The summed E-state index contributed by atoms with van der Waals surface area (Å²) in [7, 11) is 1.43. The Morgan fingerprint density at radius 2 is 1.56 bits per heavy atom. The number of benzene rings is 3. The maximum atomic E-state index is 15.5. The van der Waals surface area contributed by atoms with Gasteiger partial charge in [0.05, 0.1) is 54.2 Å². The van der Waals surface area contributed by atoms with Gasteiger partial charge in [-0.15, -0.1) is 0 Å². The van der Waals surface area contributed by atoms with Crippen LogP contribution in [0.4, 0.5) is 0 Å². The van der Waals surface area contributed by atoms with Crippen LogP contribution in [-0.4, -0.2) is 102 Å². The van der Waals surface area contributed by atoms with Crippen LogP contribution in [0.1, 0.15) is 79.8 Å². The third-order valence-electron chi connectivity index (χ3n) is 13.4. The third kappa shape index (κ3) is 7.61. The molecule has 3 fully saturated rings. The number of hydrogen-bond acceptors (Lipinski definition) is 13. The Hall–Kier alpha value is -6.16. The van der Waals surface area contributed by atoms with Crippen LogP contribution in [-0.2, 0) is 38.1 Å². The molecule has 3 aromatic rings. The summed E-state index contributed by atoms with van der Waals surface area (Å²) in [5, 5.41) is 29.7. The number of ketones is 1. The molecule has 1 aliphatic heterocycles. The van der Waals surface area contributed by atoms with Gasteiger partial charge >= 0.3 is 17.9 Å². The lowest BCUT2D eigenvalue weighted by Crippen LogP contribution is -2.77. The average Bonchev–Trinajstić information content (AvgIpc) is 3.52. The number of fused-ring (bicyclic) bond motifs is 4. The number of aliphatic hydroxyl groups is 2. The van der Waals surface area contributed by atoms with Crippen molar-refractivity contribution in [1.29, 1.82) is 0 Å². The van der Waals surface area contributed by atoms with Gasteiger partial charge in [0.25, 0.3) is 11.8 Å². The number of rotatable bonds is 12. The van der Waals surface area contributed by atoms with Crippen LogP contribution in [0.15, 0.2) is 108 Å². The first-order valence-electron chi connectivity index (χ1n) is 20.7. The monoisotopic (exact) mass is 864 g/mol. The van der Waals surface area contributed by atoms with E-state index in [1.165, 1.54) is 33.1 Å². The van der Waals surface area contributed by atoms with Crippen molar-refractivity contribution in [1.82, 2.24) is 10.6 Å². The van der Waals surface area contributed by atoms with Gasteiger partial charge in [-0.1, -0.05) is 66.7 Å². The molecule has 0 radical (unpaired) electrons. The first kappa shape index (κ1) is 44.9. The number of amides is 2. The quantitative estimate of drug-likeness (QED) is 0.115. The second-order valence-electron chi connectivity index (χ2n) is 17.1. The van der Waals surface area contributed by atoms with Crippen LogP contribution in [0.2, 0.25) is 0 Å². The zero-order valence-electron chi connectivity index (χ0n) is 35.9. The summed E-state index contributed by atoms with van der Waals surface area (Å²) in [4.78, 5) is 84.1. The van der Waals surface area contributed by atoms with Crippen molar-refractivity contribution < 1.29 is 62.7 Å². The van der Waals surface area contributed by atoms with Crippen molar-refractivity contribution in [2.75, 3.05) is 13.7 Å². The zero-order chi connectivity index (χ0) is 45.6. The highest BCUT2D eigenvalue weighted by molar-refractivity contribution is 5.97. The summed E-state index contributed by atoms with van der Waals surface area (Å²) in [6.07, 6.45) is -7.82. The SMILES string of the molecule is C=C(C)[C@@]12C[C@H](NC(=O)[C@H](O)[C@@H](NC(=O)c3ccccc3)c3ccccc3)C(C)=C1[C@@H](OC(C)=O)C(=O)[C@@]1(C)[C@H]([C@@H]2OC(=O)c2cccc(OC)c2)[C@]2(OC(C)=O)CO[C@@H]2C[C@@H]1O. The molecule has 0 unspecified atom stereocenters. The molecule has 4 aliphatic rings. The number of carbonyl (C=O) groups excluding carboxylic acids is 6. The van der Waals surface area contributed by atoms with Crippen molar-refractivity contribution in [2.45, 2.75) is 95.7 Å². The molecule has 11 atom stereocenters. The Labute approximate surface area is 364 Å². The minimum Gasteiger partial charge on any atom is -0.497 e. The van der Waals surface area contributed by atoms with Gasteiger partial charge in [0.2, 0.25) is 0 Å². The van der Waals surface area contributed by atoms with Crippen LogP contribution >= 0.6 is 0 Å². The van der Waals surface area contributed by atoms with E-state index in [9.17, 15) is 34.2 Å². The molecule has 4 N–H and O–H groups in total. The van der Waals surface area contributed by atoms with E-state index in [0.29, 0.717) is 28.0 Å². The predicted octanol–water partition coefficient (Wildman–Crippen LogP) is 4.12. The van der Waals surface area contributed by atoms with Crippen LogP contribution in [0, 0.1) is 16.7 Å². The number of carbonyl (C=O) groups is 6. The molecular formula is C48H52N2O13. The molecule has 15 nitrogen and oxygen atoms in total.